The van der Waals surface area contributed by atoms with E-state index >= 15 is 0 Å². The van der Waals surface area contributed by atoms with Gasteiger partial charge in [0.1, 0.15) is 0 Å². The highest BCUT2D eigenvalue weighted by atomic mass is 16.6. The van der Waals surface area contributed by atoms with Gasteiger partial charge in [-0.25, -0.2) is 0 Å². The summed E-state index contributed by atoms with van der Waals surface area (Å²) in [5, 5.41) is 0. The van der Waals surface area contributed by atoms with Crippen molar-refractivity contribution < 1.29 is 9.47 Å². The normalized spacial score (nSPS) is 35.5. The summed E-state index contributed by atoms with van der Waals surface area (Å²) in [4.78, 5) is 0. The molecule has 13 heavy (non-hydrogen) atoms. The van der Waals surface area contributed by atoms with E-state index in [1.165, 1.54) is 19.3 Å². The highest BCUT2D eigenvalue weighted by Gasteiger charge is 2.33. The SMILES string of the molecule is CCC(CC[C@H](C)C1CO1)C1CO1. The summed E-state index contributed by atoms with van der Waals surface area (Å²) in [7, 11) is 0. The Balaban J connectivity index is 1.63. The van der Waals surface area contributed by atoms with E-state index in [1.54, 1.807) is 0 Å². The van der Waals surface area contributed by atoms with Crippen LogP contribution in [-0.2, 0) is 9.47 Å². The molecule has 0 radical (unpaired) electrons. The third kappa shape index (κ3) is 2.68. The van der Waals surface area contributed by atoms with Gasteiger partial charge in [0.25, 0.3) is 0 Å². The number of hydrogen-bond donors (Lipinski definition) is 0. The number of ether oxygens (including phenoxy) is 2. The Morgan fingerprint density at radius 1 is 1.15 bits per heavy atom. The van der Waals surface area contributed by atoms with E-state index in [2.05, 4.69) is 13.8 Å². The number of epoxide rings is 2. The van der Waals surface area contributed by atoms with E-state index in [9.17, 15) is 0 Å². The predicted octanol–water partition coefficient (Wildman–Crippen LogP) is 2.23. The molecular weight excluding hydrogens is 164 g/mol. The fourth-order valence-corrected chi connectivity index (χ4v) is 2.03. The Hall–Kier alpha value is -0.0800. The molecule has 0 amide bonds. The molecule has 0 saturated carbocycles. The molecule has 0 aromatic rings. The van der Waals surface area contributed by atoms with Crippen molar-refractivity contribution in [1.82, 2.24) is 0 Å². The zero-order valence-corrected chi connectivity index (χ0v) is 8.66. The van der Waals surface area contributed by atoms with Crippen LogP contribution in [0.2, 0.25) is 0 Å². The summed E-state index contributed by atoms with van der Waals surface area (Å²) >= 11 is 0. The van der Waals surface area contributed by atoms with E-state index in [-0.39, 0.29) is 0 Å². The van der Waals surface area contributed by atoms with Crippen molar-refractivity contribution in [2.24, 2.45) is 11.8 Å². The van der Waals surface area contributed by atoms with Crippen LogP contribution < -0.4 is 0 Å². The summed E-state index contributed by atoms with van der Waals surface area (Å²) in [5.74, 6) is 1.56. The second kappa shape index (κ2) is 3.97. The third-order valence-electron chi connectivity index (χ3n) is 3.40. The first-order valence-corrected chi connectivity index (χ1v) is 5.54. The zero-order valence-electron chi connectivity index (χ0n) is 8.66. The van der Waals surface area contributed by atoms with Crippen LogP contribution in [0.3, 0.4) is 0 Å². The van der Waals surface area contributed by atoms with Crippen LogP contribution in [0.25, 0.3) is 0 Å². The Morgan fingerprint density at radius 3 is 2.23 bits per heavy atom. The minimum atomic E-state index is 0.581. The van der Waals surface area contributed by atoms with E-state index in [1.807, 2.05) is 0 Å². The minimum Gasteiger partial charge on any atom is -0.373 e. The van der Waals surface area contributed by atoms with Crippen LogP contribution in [0, 0.1) is 11.8 Å². The molecule has 0 aliphatic carbocycles. The van der Waals surface area contributed by atoms with Gasteiger partial charge in [0.05, 0.1) is 25.4 Å². The van der Waals surface area contributed by atoms with Crippen molar-refractivity contribution in [3.05, 3.63) is 0 Å². The van der Waals surface area contributed by atoms with Gasteiger partial charge >= 0.3 is 0 Å². The maximum absolute atomic E-state index is 5.34. The fourth-order valence-electron chi connectivity index (χ4n) is 2.03. The average Bonchev–Trinajstić information content (AvgIpc) is 2.98. The number of rotatable bonds is 6. The van der Waals surface area contributed by atoms with Crippen molar-refractivity contribution in [1.29, 1.82) is 0 Å². The minimum absolute atomic E-state index is 0.581. The maximum atomic E-state index is 5.34. The van der Waals surface area contributed by atoms with Gasteiger partial charge in [-0.1, -0.05) is 20.3 Å². The van der Waals surface area contributed by atoms with Crippen molar-refractivity contribution in [3.8, 4) is 0 Å². The largest absolute Gasteiger partial charge is 0.373 e. The molecular formula is C11H20O2. The molecule has 76 valence electrons. The molecule has 3 unspecified atom stereocenters. The molecule has 2 aliphatic heterocycles. The van der Waals surface area contributed by atoms with E-state index in [4.69, 9.17) is 9.47 Å². The molecule has 2 fully saturated rings. The second-order valence-corrected chi connectivity index (χ2v) is 4.47. The topological polar surface area (TPSA) is 25.1 Å². The van der Waals surface area contributed by atoms with E-state index in [0.717, 1.165) is 25.0 Å². The average molecular weight is 184 g/mol. The summed E-state index contributed by atoms with van der Waals surface area (Å²) in [6.07, 6.45) is 5.07. The highest BCUT2D eigenvalue weighted by Crippen LogP contribution is 2.31. The molecule has 0 N–H and O–H groups in total. The van der Waals surface area contributed by atoms with Gasteiger partial charge in [0.15, 0.2) is 0 Å². The van der Waals surface area contributed by atoms with Gasteiger partial charge in [-0.15, -0.1) is 0 Å². The lowest BCUT2D eigenvalue weighted by Crippen LogP contribution is -2.11. The molecule has 2 aliphatic rings. The molecule has 0 bridgehead atoms. The van der Waals surface area contributed by atoms with Crippen molar-refractivity contribution in [2.45, 2.75) is 45.3 Å². The molecule has 4 atom stereocenters. The first kappa shape index (κ1) is 9.47. The quantitative estimate of drug-likeness (QED) is 0.591. The molecule has 2 nitrogen and oxygen atoms in total. The first-order valence-electron chi connectivity index (χ1n) is 5.54. The van der Waals surface area contributed by atoms with Crippen molar-refractivity contribution in [3.63, 3.8) is 0 Å². The second-order valence-electron chi connectivity index (χ2n) is 4.47. The van der Waals surface area contributed by atoms with E-state index in [0.29, 0.717) is 12.2 Å². The van der Waals surface area contributed by atoms with Gasteiger partial charge in [0, 0.05) is 0 Å². The molecule has 2 heteroatoms. The van der Waals surface area contributed by atoms with Gasteiger partial charge in [0.2, 0.25) is 0 Å². The fraction of sp³-hybridized carbons (Fsp3) is 1.00. The van der Waals surface area contributed by atoms with Crippen LogP contribution in [0.1, 0.15) is 33.1 Å². The lowest BCUT2D eigenvalue weighted by Gasteiger charge is -2.14. The van der Waals surface area contributed by atoms with Crippen molar-refractivity contribution >= 4 is 0 Å². The predicted molar refractivity (Wildman–Crippen MR) is 51.7 cm³/mol. The summed E-state index contributed by atoms with van der Waals surface area (Å²) in [6.45, 7) is 6.58. The molecule has 0 aromatic carbocycles. The lowest BCUT2D eigenvalue weighted by molar-refractivity contribution is 0.272. The van der Waals surface area contributed by atoms with Gasteiger partial charge in [-0.2, -0.15) is 0 Å². The molecule has 2 heterocycles. The Labute approximate surface area is 80.6 Å². The van der Waals surface area contributed by atoms with Gasteiger partial charge < -0.3 is 9.47 Å². The van der Waals surface area contributed by atoms with Gasteiger partial charge in [-0.05, 0) is 24.7 Å². The zero-order chi connectivity index (χ0) is 9.26. The van der Waals surface area contributed by atoms with Crippen LogP contribution in [-0.4, -0.2) is 25.4 Å². The molecule has 0 aromatic heterocycles. The highest BCUT2D eigenvalue weighted by molar-refractivity contribution is 4.81. The lowest BCUT2D eigenvalue weighted by atomic mass is 9.91. The van der Waals surface area contributed by atoms with Crippen LogP contribution >= 0.6 is 0 Å². The Bertz CT molecular complexity index is 161. The molecule has 2 saturated heterocycles. The van der Waals surface area contributed by atoms with Crippen LogP contribution in [0.5, 0.6) is 0 Å². The Kier molecular flexibility index (Phi) is 2.89. The number of hydrogen-bond acceptors (Lipinski definition) is 2. The van der Waals surface area contributed by atoms with Crippen molar-refractivity contribution in [2.75, 3.05) is 13.2 Å². The van der Waals surface area contributed by atoms with Gasteiger partial charge in [-0.3, -0.25) is 0 Å². The van der Waals surface area contributed by atoms with E-state index < -0.39 is 0 Å². The summed E-state index contributed by atoms with van der Waals surface area (Å²) < 4.78 is 10.6. The monoisotopic (exact) mass is 184 g/mol. The van der Waals surface area contributed by atoms with Crippen LogP contribution in [0.15, 0.2) is 0 Å². The first-order chi connectivity index (χ1) is 6.31. The third-order valence-corrected chi connectivity index (χ3v) is 3.40. The summed E-state index contributed by atoms with van der Waals surface area (Å²) in [5.41, 5.74) is 0. The molecule has 0 spiro atoms. The van der Waals surface area contributed by atoms with Crippen LogP contribution in [0.4, 0.5) is 0 Å². The smallest absolute Gasteiger partial charge is 0.0837 e. The standard InChI is InChI=1S/C11H20O2/c1-3-9(11-7-13-11)5-4-8(2)10-6-12-10/h8-11H,3-7H2,1-2H3/t8-,9?,10?,11?/m0/s1. The molecule has 2 rings (SSSR count). The maximum Gasteiger partial charge on any atom is 0.0837 e. The summed E-state index contributed by atoms with van der Waals surface area (Å²) in [6, 6.07) is 0. The Morgan fingerprint density at radius 2 is 1.77 bits per heavy atom.